The topological polar surface area (TPSA) is 60.7 Å². The summed E-state index contributed by atoms with van der Waals surface area (Å²) in [6.07, 6.45) is 9.71. The van der Waals surface area contributed by atoms with E-state index < -0.39 is 0 Å². The molecule has 1 aromatic carbocycles. The van der Waals surface area contributed by atoms with Gasteiger partial charge in [-0.25, -0.2) is 0 Å². The largest absolute Gasteiger partial charge is 0.508 e. The van der Waals surface area contributed by atoms with Gasteiger partial charge in [0.05, 0.1) is 6.10 Å². The molecule has 3 aliphatic carbocycles. The van der Waals surface area contributed by atoms with E-state index in [0.29, 0.717) is 29.4 Å². The number of fused-ring (bicyclic) bond motifs is 5. The molecule has 0 aromatic heterocycles. The lowest BCUT2D eigenvalue weighted by Gasteiger charge is -2.54. The third kappa shape index (κ3) is 2.97. The molecule has 26 heavy (non-hydrogen) atoms. The number of aromatic hydroxyl groups is 1. The van der Waals surface area contributed by atoms with Crippen molar-refractivity contribution in [3.8, 4) is 5.75 Å². The molecule has 3 heteroatoms. The molecule has 0 aliphatic heterocycles. The summed E-state index contributed by atoms with van der Waals surface area (Å²) in [4.78, 5) is 0. The molecule has 0 saturated heterocycles. The number of rotatable bonds is 5. The minimum Gasteiger partial charge on any atom is -0.508 e. The van der Waals surface area contributed by atoms with Gasteiger partial charge in [0.1, 0.15) is 5.75 Å². The van der Waals surface area contributed by atoms with E-state index in [9.17, 15) is 10.2 Å². The number of phenols is 1. The van der Waals surface area contributed by atoms with Crippen LogP contribution in [0.5, 0.6) is 5.75 Å². The fraction of sp³-hybridized carbons (Fsp3) is 0.739. The molecule has 3 nitrogen and oxygen atoms in total. The van der Waals surface area contributed by atoms with Crippen LogP contribution in [0.4, 0.5) is 0 Å². The molecule has 144 valence electrons. The van der Waals surface area contributed by atoms with Crippen molar-refractivity contribution in [3.05, 3.63) is 29.3 Å². The summed E-state index contributed by atoms with van der Waals surface area (Å²) < 4.78 is 0. The van der Waals surface area contributed by atoms with Crippen LogP contribution >= 0.6 is 0 Å². The van der Waals surface area contributed by atoms with E-state index in [-0.39, 0.29) is 18.1 Å². The second-order valence-corrected chi connectivity index (χ2v) is 9.35. The van der Waals surface area contributed by atoms with Gasteiger partial charge >= 0.3 is 0 Å². The maximum atomic E-state index is 10.8. The molecule has 3 aliphatic rings. The van der Waals surface area contributed by atoms with Gasteiger partial charge in [-0.15, -0.1) is 0 Å². The van der Waals surface area contributed by atoms with E-state index in [0.717, 1.165) is 32.1 Å². The second-order valence-electron chi connectivity index (χ2n) is 9.35. The quantitative estimate of drug-likeness (QED) is 0.684. The molecule has 2 saturated carbocycles. The van der Waals surface area contributed by atoms with Gasteiger partial charge < -0.3 is 15.3 Å². The Morgan fingerprint density at radius 3 is 2.77 bits per heavy atom. The molecule has 1 aromatic rings. The first-order valence-corrected chi connectivity index (χ1v) is 10.7. The fourth-order valence-electron chi connectivity index (χ4n) is 6.82. The highest BCUT2D eigenvalue weighted by atomic mass is 16.3. The van der Waals surface area contributed by atoms with Crippen LogP contribution in [-0.2, 0) is 6.42 Å². The Morgan fingerprint density at radius 1 is 1.12 bits per heavy atom. The van der Waals surface area contributed by atoms with E-state index >= 15 is 0 Å². The number of aryl methyl sites for hydroxylation is 1. The van der Waals surface area contributed by atoms with Crippen molar-refractivity contribution < 1.29 is 15.3 Å². The molecule has 2 fully saturated rings. The smallest absolute Gasteiger partial charge is 0.115 e. The summed E-state index contributed by atoms with van der Waals surface area (Å²) >= 11 is 0. The molecule has 0 radical (unpaired) electrons. The zero-order valence-corrected chi connectivity index (χ0v) is 16.0. The van der Waals surface area contributed by atoms with Gasteiger partial charge in [-0.2, -0.15) is 0 Å². The number of hydrogen-bond donors (Lipinski definition) is 3. The van der Waals surface area contributed by atoms with Crippen LogP contribution in [0.25, 0.3) is 0 Å². The summed E-state index contributed by atoms with van der Waals surface area (Å²) in [6.45, 7) is 2.63. The molecule has 0 heterocycles. The average molecular weight is 359 g/mol. The van der Waals surface area contributed by atoms with Crippen molar-refractivity contribution >= 4 is 0 Å². The standard InChI is InChI=1S/C23H34O3/c1-23-14-16(5-3-2-4-12-24)22-18-9-7-17(25)13-15(18)6-8-19(22)20(23)10-11-21(23)26/h7,9,13,16,19-22,24-26H,2-6,8,10-12,14H2,1H3/t16-,19-,20-,21-,22?,23-/m0/s1. The maximum Gasteiger partial charge on any atom is 0.115 e. The number of unbranched alkanes of at least 4 members (excludes halogenated alkanes) is 2. The summed E-state index contributed by atoms with van der Waals surface area (Å²) in [5, 5.41) is 29.8. The zero-order chi connectivity index (χ0) is 18.3. The molecule has 1 unspecified atom stereocenters. The minimum absolute atomic E-state index is 0.0806. The van der Waals surface area contributed by atoms with Crippen molar-refractivity contribution in [3.63, 3.8) is 0 Å². The lowest BCUT2D eigenvalue weighted by molar-refractivity contribution is -0.0501. The number of phenolic OH excluding ortho intramolecular Hbond substituents is 1. The first-order chi connectivity index (χ1) is 12.5. The van der Waals surface area contributed by atoms with Crippen molar-refractivity contribution in [2.24, 2.45) is 23.2 Å². The van der Waals surface area contributed by atoms with E-state index in [1.165, 1.54) is 36.8 Å². The average Bonchev–Trinajstić information content (AvgIpc) is 2.93. The second kappa shape index (κ2) is 7.16. The Morgan fingerprint density at radius 2 is 1.96 bits per heavy atom. The van der Waals surface area contributed by atoms with E-state index in [1.54, 1.807) is 0 Å². The van der Waals surface area contributed by atoms with Gasteiger partial charge in [0.15, 0.2) is 0 Å². The van der Waals surface area contributed by atoms with Gasteiger partial charge in [-0.1, -0.05) is 25.8 Å². The van der Waals surface area contributed by atoms with E-state index in [1.807, 2.05) is 12.1 Å². The highest BCUT2D eigenvalue weighted by Crippen LogP contribution is 2.63. The van der Waals surface area contributed by atoms with Crippen LogP contribution < -0.4 is 0 Å². The van der Waals surface area contributed by atoms with Crippen molar-refractivity contribution in [2.45, 2.75) is 76.7 Å². The van der Waals surface area contributed by atoms with E-state index in [2.05, 4.69) is 13.0 Å². The molecule has 0 bridgehead atoms. The highest BCUT2D eigenvalue weighted by molar-refractivity contribution is 5.40. The maximum absolute atomic E-state index is 10.8. The van der Waals surface area contributed by atoms with Crippen molar-refractivity contribution in [2.75, 3.05) is 6.61 Å². The van der Waals surface area contributed by atoms with Gasteiger partial charge in [0, 0.05) is 6.61 Å². The van der Waals surface area contributed by atoms with Crippen LogP contribution in [0.15, 0.2) is 18.2 Å². The van der Waals surface area contributed by atoms with Crippen LogP contribution in [0, 0.1) is 23.2 Å². The first-order valence-electron chi connectivity index (χ1n) is 10.7. The third-order valence-electron chi connectivity index (χ3n) is 8.01. The molecular formula is C23H34O3. The summed E-state index contributed by atoms with van der Waals surface area (Å²) in [7, 11) is 0. The normalized spacial score (nSPS) is 38.5. The minimum atomic E-state index is -0.144. The number of aliphatic hydroxyl groups is 2. The molecule has 3 N–H and O–H groups in total. The van der Waals surface area contributed by atoms with Gasteiger partial charge in [0.25, 0.3) is 0 Å². The Labute approximate surface area is 157 Å². The SMILES string of the molecule is C[C@]12C[C@H](CCCCCO)C3c4ccc(O)cc4CC[C@H]3[C@@H]1CC[C@@H]2O. The van der Waals surface area contributed by atoms with Crippen LogP contribution in [0.2, 0.25) is 0 Å². The van der Waals surface area contributed by atoms with E-state index in [4.69, 9.17) is 5.11 Å². The number of hydrogen-bond acceptors (Lipinski definition) is 3. The Bertz CT molecular complexity index is 642. The molecule has 0 spiro atoms. The predicted molar refractivity (Wildman–Crippen MR) is 103 cm³/mol. The fourth-order valence-corrected chi connectivity index (χ4v) is 6.82. The van der Waals surface area contributed by atoms with Crippen LogP contribution in [0.1, 0.15) is 75.3 Å². The van der Waals surface area contributed by atoms with Gasteiger partial charge in [0.2, 0.25) is 0 Å². The highest BCUT2D eigenvalue weighted by Gasteiger charge is 2.57. The molecule has 4 rings (SSSR count). The van der Waals surface area contributed by atoms with Gasteiger partial charge in [-0.05, 0) is 97.3 Å². The monoisotopic (exact) mass is 358 g/mol. The van der Waals surface area contributed by atoms with Crippen LogP contribution in [-0.4, -0.2) is 28.0 Å². The van der Waals surface area contributed by atoms with Crippen molar-refractivity contribution in [1.82, 2.24) is 0 Å². The van der Waals surface area contributed by atoms with Gasteiger partial charge in [-0.3, -0.25) is 0 Å². The Hall–Kier alpha value is -1.06. The zero-order valence-electron chi connectivity index (χ0n) is 16.0. The molecular weight excluding hydrogens is 324 g/mol. The third-order valence-corrected chi connectivity index (χ3v) is 8.01. The Balaban J connectivity index is 1.65. The Kier molecular flexibility index (Phi) is 5.04. The lowest BCUT2D eigenvalue weighted by atomic mass is 9.51. The molecule has 6 atom stereocenters. The predicted octanol–water partition coefficient (Wildman–Crippen LogP) is 4.39. The van der Waals surface area contributed by atoms with Crippen molar-refractivity contribution in [1.29, 1.82) is 0 Å². The first kappa shape index (κ1) is 18.3. The molecule has 0 amide bonds. The number of aliphatic hydroxyl groups excluding tert-OH is 2. The summed E-state index contributed by atoms with van der Waals surface area (Å²) in [5.74, 6) is 2.88. The van der Waals surface area contributed by atoms with Crippen LogP contribution in [0.3, 0.4) is 0 Å². The number of benzene rings is 1. The summed E-state index contributed by atoms with van der Waals surface area (Å²) in [6, 6.07) is 6.02. The lowest BCUT2D eigenvalue weighted by Crippen LogP contribution is -2.47. The summed E-state index contributed by atoms with van der Waals surface area (Å²) in [5.41, 5.74) is 2.89.